The van der Waals surface area contributed by atoms with E-state index in [1.807, 2.05) is 24.3 Å². The number of benzene rings is 2. The predicted molar refractivity (Wildman–Crippen MR) is 97.1 cm³/mol. The Balaban J connectivity index is 1.76. The normalized spacial score (nSPS) is 11.1. The minimum absolute atomic E-state index is 0.00963. The number of hydrogen-bond acceptors (Lipinski definition) is 6. The van der Waals surface area contributed by atoms with Gasteiger partial charge >= 0.3 is 0 Å². The van der Waals surface area contributed by atoms with Crippen LogP contribution in [0.1, 0.15) is 11.1 Å². The fourth-order valence-corrected chi connectivity index (χ4v) is 3.19. The Morgan fingerprint density at radius 1 is 1.24 bits per heavy atom. The minimum atomic E-state index is -0.444. The number of nitro groups is 1. The quantitative estimate of drug-likeness (QED) is 0.282. The van der Waals surface area contributed by atoms with Crippen LogP contribution in [0.5, 0.6) is 0 Å². The van der Waals surface area contributed by atoms with Gasteiger partial charge in [0.1, 0.15) is 6.33 Å². The average molecular weight is 374 g/mol. The molecule has 0 saturated carbocycles. The molecule has 1 aromatic heterocycles. The molecule has 126 valence electrons. The number of aromatic nitrogens is 3. The molecule has 0 bridgehead atoms. The van der Waals surface area contributed by atoms with E-state index in [1.165, 1.54) is 35.0 Å². The average Bonchev–Trinajstić information content (AvgIpc) is 3.07. The van der Waals surface area contributed by atoms with Crippen molar-refractivity contribution in [3.05, 3.63) is 81.1 Å². The molecule has 3 aromatic rings. The zero-order valence-corrected chi connectivity index (χ0v) is 14.4. The molecule has 3 rings (SSSR count). The summed E-state index contributed by atoms with van der Waals surface area (Å²) >= 11 is 7.57. The first-order valence-corrected chi connectivity index (χ1v) is 8.55. The van der Waals surface area contributed by atoms with Gasteiger partial charge in [-0.2, -0.15) is 9.78 Å². The van der Waals surface area contributed by atoms with Crippen molar-refractivity contribution in [1.82, 2.24) is 14.9 Å². The van der Waals surface area contributed by atoms with Crippen LogP contribution in [0.15, 0.2) is 65.1 Å². The lowest BCUT2D eigenvalue weighted by atomic mass is 10.2. The smallest absolute Gasteiger partial charge is 0.258 e. The number of nitrogens with zero attached hydrogens (tertiary/aromatic N) is 5. The largest absolute Gasteiger partial charge is 0.278 e. The van der Waals surface area contributed by atoms with Gasteiger partial charge in [0.05, 0.1) is 16.7 Å². The Morgan fingerprint density at radius 2 is 2.00 bits per heavy atom. The SMILES string of the molecule is O=[N+]([O-])c1ccccc1/C=N/n1cnnc1SCc1ccccc1Cl. The van der Waals surface area contributed by atoms with Gasteiger partial charge in [-0.3, -0.25) is 10.1 Å². The van der Waals surface area contributed by atoms with Gasteiger partial charge in [-0.25, -0.2) is 0 Å². The van der Waals surface area contributed by atoms with Crippen LogP contribution >= 0.6 is 23.4 Å². The van der Waals surface area contributed by atoms with Gasteiger partial charge in [-0.05, 0) is 17.7 Å². The Kier molecular flexibility index (Phi) is 5.42. The van der Waals surface area contributed by atoms with Crippen LogP contribution in [0.3, 0.4) is 0 Å². The molecule has 0 amide bonds. The Morgan fingerprint density at radius 3 is 2.80 bits per heavy atom. The van der Waals surface area contributed by atoms with E-state index < -0.39 is 4.92 Å². The van der Waals surface area contributed by atoms with E-state index in [9.17, 15) is 10.1 Å². The summed E-state index contributed by atoms with van der Waals surface area (Å²) in [5, 5.41) is 24.4. The van der Waals surface area contributed by atoms with E-state index in [1.54, 1.807) is 18.2 Å². The van der Waals surface area contributed by atoms with Crippen LogP contribution in [-0.2, 0) is 5.75 Å². The molecule has 0 spiro atoms. The molecular formula is C16H12ClN5O2S. The van der Waals surface area contributed by atoms with E-state index in [0.29, 0.717) is 21.5 Å². The third-order valence-electron chi connectivity index (χ3n) is 3.27. The van der Waals surface area contributed by atoms with E-state index in [2.05, 4.69) is 15.3 Å². The zero-order valence-electron chi connectivity index (χ0n) is 12.8. The second-order valence-electron chi connectivity index (χ2n) is 4.90. The third kappa shape index (κ3) is 4.23. The molecule has 0 aliphatic heterocycles. The van der Waals surface area contributed by atoms with Crippen molar-refractivity contribution in [3.63, 3.8) is 0 Å². The first-order chi connectivity index (χ1) is 12.1. The molecule has 0 radical (unpaired) electrons. The summed E-state index contributed by atoms with van der Waals surface area (Å²) < 4.78 is 1.47. The molecule has 0 fully saturated rings. The highest BCUT2D eigenvalue weighted by Crippen LogP contribution is 2.25. The van der Waals surface area contributed by atoms with Crippen LogP contribution in [-0.4, -0.2) is 26.0 Å². The van der Waals surface area contributed by atoms with Crippen LogP contribution in [0.2, 0.25) is 5.02 Å². The fraction of sp³-hybridized carbons (Fsp3) is 0.0625. The van der Waals surface area contributed by atoms with Gasteiger partial charge in [-0.1, -0.05) is 53.7 Å². The van der Waals surface area contributed by atoms with Crippen molar-refractivity contribution < 1.29 is 4.92 Å². The molecule has 9 heteroatoms. The molecule has 0 atom stereocenters. The van der Waals surface area contributed by atoms with Gasteiger partial charge < -0.3 is 0 Å². The standard InChI is InChI=1S/C16H12ClN5O2S/c17-14-7-3-1-6-13(14)10-25-16-20-18-11-21(16)19-9-12-5-2-4-8-15(12)22(23)24/h1-9,11H,10H2/b19-9+. The molecular weight excluding hydrogens is 362 g/mol. The van der Waals surface area contributed by atoms with Crippen LogP contribution in [0.25, 0.3) is 0 Å². The van der Waals surface area contributed by atoms with E-state index in [0.717, 1.165) is 5.56 Å². The maximum absolute atomic E-state index is 11.0. The highest BCUT2D eigenvalue weighted by atomic mass is 35.5. The van der Waals surface area contributed by atoms with E-state index in [-0.39, 0.29) is 5.69 Å². The summed E-state index contributed by atoms with van der Waals surface area (Å²) in [5.74, 6) is 0.610. The summed E-state index contributed by atoms with van der Waals surface area (Å²) in [6, 6.07) is 13.9. The van der Waals surface area contributed by atoms with Gasteiger partial charge in [0.25, 0.3) is 5.69 Å². The molecule has 0 unspecified atom stereocenters. The van der Waals surface area contributed by atoms with Crippen LogP contribution in [0, 0.1) is 10.1 Å². The van der Waals surface area contributed by atoms with Crippen molar-refractivity contribution >= 4 is 35.3 Å². The molecule has 0 saturated heterocycles. The highest BCUT2D eigenvalue weighted by Gasteiger charge is 2.11. The number of nitro benzene ring substituents is 1. The number of para-hydroxylation sites is 1. The number of halogens is 1. The van der Waals surface area contributed by atoms with E-state index in [4.69, 9.17) is 11.6 Å². The molecule has 7 nitrogen and oxygen atoms in total. The van der Waals surface area contributed by atoms with E-state index >= 15 is 0 Å². The fourth-order valence-electron chi connectivity index (χ4n) is 2.04. The summed E-state index contributed by atoms with van der Waals surface area (Å²) in [5.41, 5.74) is 1.37. The summed E-state index contributed by atoms with van der Waals surface area (Å²) in [7, 11) is 0. The lowest BCUT2D eigenvalue weighted by Crippen LogP contribution is -1.96. The number of hydrogen-bond donors (Lipinski definition) is 0. The molecule has 1 heterocycles. The van der Waals surface area contributed by atoms with Crippen molar-refractivity contribution in [2.45, 2.75) is 10.9 Å². The van der Waals surface area contributed by atoms with Gasteiger partial charge in [-0.15, -0.1) is 10.2 Å². The summed E-state index contributed by atoms with van der Waals surface area (Å²) in [6.07, 6.45) is 2.86. The maximum Gasteiger partial charge on any atom is 0.278 e. The molecule has 0 aliphatic rings. The predicted octanol–water partition coefficient (Wildman–Crippen LogP) is 4.01. The van der Waals surface area contributed by atoms with Gasteiger partial charge in [0.2, 0.25) is 5.16 Å². The lowest BCUT2D eigenvalue weighted by molar-refractivity contribution is -0.385. The Hall–Kier alpha value is -2.71. The molecule has 25 heavy (non-hydrogen) atoms. The monoisotopic (exact) mass is 373 g/mol. The van der Waals surface area contributed by atoms with Crippen molar-refractivity contribution in [1.29, 1.82) is 0 Å². The second kappa shape index (κ2) is 7.91. The lowest BCUT2D eigenvalue weighted by Gasteiger charge is -2.03. The van der Waals surface area contributed by atoms with Gasteiger partial charge in [0.15, 0.2) is 0 Å². The first-order valence-electron chi connectivity index (χ1n) is 7.19. The topological polar surface area (TPSA) is 86.2 Å². The first kappa shape index (κ1) is 17.1. The third-order valence-corrected chi connectivity index (χ3v) is 4.62. The van der Waals surface area contributed by atoms with Crippen molar-refractivity contribution in [3.8, 4) is 0 Å². The Bertz CT molecular complexity index is 928. The number of thioether (sulfide) groups is 1. The van der Waals surface area contributed by atoms with Crippen molar-refractivity contribution in [2.24, 2.45) is 5.10 Å². The second-order valence-corrected chi connectivity index (χ2v) is 6.25. The Labute approximate surface area is 152 Å². The summed E-state index contributed by atoms with van der Waals surface area (Å²) in [6.45, 7) is 0. The number of rotatable bonds is 6. The molecule has 0 aliphatic carbocycles. The zero-order chi connectivity index (χ0) is 17.6. The maximum atomic E-state index is 11.0. The van der Waals surface area contributed by atoms with Crippen LogP contribution in [0.4, 0.5) is 5.69 Å². The van der Waals surface area contributed by atoms with Crippen LogP contribution < -0.4 is 0 Å². The molecule has 0 N–H and O–H groups in total. The summed E-state index contributed by atoms with van der Waals surface area (Å²) in [4.78, 5) is 10.6. The van der Waals surface area contributed by atoms with Crippen molar-refractivity contribution in [2.75, 3.05) is 0 Å². The van der Waals surface area contributed by atoms with Gasteiger partial charge in [0, 0.05) is 16.8 Å². The highest BCUT2D eigenvalue weighted by molar-refractivity contribution is 7.98. The molecule has 2 aromatic carbocycles. The minimum Gasteiger partial charge on any atom is -0.258 e.